The molecule has 3 nitrogen and oxygen atoms in total. The molecule has 0 aliphatic rings. The van der Waals surface area contributed by atoms with Gasteiger partial charge in [-0.1, -0.05) is 58.0 Å². The maximum Gasteiger partial charge on any atom is 0.326 e. The third kappa shape index (κ3) is 2.77. The van der Waals surface area contributed by atoms with E-state index in [1.807, 2.05) is 0 Å². The summed E-state index contributed by atoms with van der Waals surface area (Å²) in [5, 5.41) is 0. The largest absolute Gasteiger partial charge is 0.361 e. The predicted octanol–water partition coefficient (Wildman–Crippen LogP) is 2.40. The van der Waals surface area contributed by atoms with E-state index in [-0.39, 0.29) is 0 Å². The second kappa shape index (κ2) is 4.14. The number of alkyl halides is 5. The second-order valence-electron chi connectivity index (χ2n) is 1.68. The molecular weight excluding hydrogens is 269 g/mol. The lowest BCUT2D eigenvalue weighted by Crippen LogP contribution is -2.40. The predicted molar refractivity (Wildman–Crippen MR) is 49.4 cm³/mol. The summed E-state index contributed by atoms with van der Waals surface area (Å²) in [5.74, 6) is -1.02. The number of carbonyl (C=O) groups is 1. The summed E-state index contributed by atoms with van der Waals surface area (Å²) in [6.45, 7) is 0. The van der Waals surface area contributed by atoms with Crippen LogP contribution >= 0.6 is 58.0 Å². The van der Waals surface area contributed by atoms with E-state index >= 15 is 0 Å². The number of halogens is 5. The summed E-state index contributed by atoms with van der Waals surface area (Å²) < 4.78 is -4.45. The molecule has 0 rings (SSSR count). The first-order chi connectivity index (χ1) is 5.23. The van der Waals surface area contributed by atoms with Crippen molar-refractivity contribution in [1.82, 2.24) is 0 Å². The van der Waals surface area contributed by atoms with Crippen LogP contribution in [0.2, 0.25) is 0 Å². The lowest BCUT2D eigenvalue weighted by atomic mass is 10.3. The van der Waals surface area contributed by atoms with Gasteiger partial charge in [0.05, 0.1) is 0 Å². The van der Waals surface area contributed by atoms with Gasteiger partial charge in [0.15, 0.2) is 0 Å². The Morgan fingerprint density at radius 1 is 1.25 bits per heavy atom. The van der Waals surface area contributed by atoms with Gasteiger partial charge >= 0.3 is 6.21 Å². The van der Waals surface area contributed by atoms with Gasteiger partial charge in [-0.05, 0) is 0 Å². The van der Waals surface area contributed by atoms with Crippen LogP contribution in [0.3, 0.4) is 0 Å². The van der Waals surface area contributed by atoms with Gasteiger partial charge in [0.25, 0.3) is 5.78 Å². The Morgan fingerprint density at radius 2 is 1.67 bits per heavy atom. The highest BCUT2D eigenvalue weighted by atomic mass is 35.6. The van der Waals surface area contributed by atoms with E-state index in [0.29, 0.717) is 6.21 Å². The molecule has 0 aliphatic heterocycles. The van der Waals surface area contributed by atoms with E-state index in [2.05, 4.69) is 4.79 Å². The standard InChI is InChI=1S/C4HCl5N2O/c5-3(6,4(7,8)9)2(12)1-11-10/h1H. The van der Waals surface area contributed by atoms with Crippen LogP contribution < -0.4 is 0 Å². The molecule has 0 saturated heterocycles. The number of Topliss-reactive ketones (excluding diaryl/α,β-unsaturated/α-hetero) is 1. The summed E-state index contributed by atoms with van der Waals surface area (Å²) in [6, 6.07) is 0. The van der Waals surface area contributed by atoms with Crippen molar-refractivity contribution in [1.29, 1.82) is 0 Å². The molecule has 0 spiro atoms. The molecule has 0 radical (unpaired) electrons. The number of carbonyl (C=O) groups excluding carboxylic acids is 1. The first-order valence-electron chi connectivity index (χ1n) is 2.40. The molecule has 68 valence electrons. The molecule has 12 heavy (non-hydrogen) atoms. The lowest BCUT2D eigenvalue weighted by Gasteiger charge is -2.22. The van der Waals surface area contributed by atoms with Crippen LogP contribution in [0.25, 0.3) is 5.53 Å². The molecule has 0 amide bonds. The Kier molecular flexibility index (Phi) is 4.31. The average molecular weight is 270 g/mol. The van der Waals surface area contributed by atoms with Gasteiger partial charge < -0.3 is 5.53 Å². The Hall–Kier alpha value is 0.500. The molecule has 0 saturated carbocycles. The summed E-state index contributed by atoms with van der Waals surface area (Å²) in [5.41, 5.74) is 7.97. The van der Waals surface area contributed by atoms with Gasteiger partial charge in [-0.15, -0.1) is 0 Å². The minimum absolute atomic E-state index is 0.446. The number of hydrogen-bond acceptors (Lipinski definition) is 1. The van der Waals surface area contributed by atoms with Gasteiger partial charge in [0.2, 0.25) is 8.13 Å². The van der Waals surface area contributed by atoms with E-state index in [9.17, 15) is 4.79 Å². The van der Waals surface area contributed by atoms with Gasteiger partial charge in [0.1, 0.15) is 0 Å². The van der Waals surface area contributed by atoms with E-state index in [1.165, 1.54) is 0 Å². The maximum atomic E-state index is 10.9. The molecule has 8 heteroatoms. The SMILES string of the molecule is [N-]=[N+]=CC(=O)C(Cl)(Cl)C(Cl)(Cl)Cl. The number of hydrogen-bond donors (Lipinski definition) is 0. The quantitative estimate of drug-likeness (QED) is 0.329. The Bertz CT molecular complexity index is 238. The van der Waals surface area contributed by atoms with Crippen LogP contribution in [0.4, 0.5) is 0 Å². The number of rotatable bonds is 2. The monoisotopic (exact) mass is 268 g/mol. The third-order valence-electron chi connectivity index (χ3n) is 0.840. The number of ketones is 1. The van der Waals surface area contributed by atoms with Crippen molar-refractivity contribution >= 4 is 70.0 Å². The van der Waals surface area contributed by atoms with Crippen LogP contribution in [0.5, 0.6) is 0 Å². The molecule has 0 unspecified atom stereocenters. The van der Waals surface area contributed by atoms with E-state index in [0.717, 1.165) is 0 Å². The number of nitrogens with zero attached hydrogens (tertiary/aromatic N) is 2. The molecule has 0 aromatic heterocycles. The van der Waals surface area contributed by atoms with Crippen molar-refractivity contribution in [2.24, 2.45) is 0 Å². The summed E-state index contributed by atoms with van der Waals surface area (Å²) in [7, 11) is 0. The topological polar surface area (TPSA) is 53.5 Å². The molecule has 0 atom stereocenters. The molecule has 0 bridgehead atoms. The molecule has 0 aromatic rings. The van der Waals surface area contributed by atoms with Crippen molar-refractivity contribution in [3.05, 3.63) is 5.53 Å². The Labute approximate surface area is 93.1 Å². The lowest BCUT2D eigenvalue weighted by molar-refractivity contribution is -0.116. The second-order valence-corrected chi connectivity index (χ2v) is 5.29. The normalized spacial score (nSPS) is 12.1. The van der Waals surface area contributed by atoms with Crippen LogP contribution in [0.1, 0.15) is 0 Å². The molecule has 0 fully saturated rings. The first-order valence-corrected chi connectivity index (χ1v) is 4.29. The summed E-state index contributed by atoms with van der Waals surface area (Å²) >= 11 is 26.5. The van der Waals surface area contributed by atoms with Crippen LogP contribution in [-0.4, -0.2) is 24.9 Å². The van der Waals surface area contributed by atoms with Gasteiger partial charge in [-0.25, -0.2) is 0 Å². The highest BCUT2D eigenvalue weighted by molar-refractivity contribution is 6.81. The minimum Gasteiger partial charge on any atom is -0.361 e. The van der Waals surface area contributed by atoms with Gasteiger partial charge in [-0.2, -0.15) is 4.79 Å². The van der Waals surface area contributed by atoms with Crippen molar-refractivity contribution in [2.75, 3.05) is 0 Å². The average Bonchev–Trinajstić information content (AvgIpc) is 1.85. The third-order valence-corrected chi connectivity index (χ3v) is 3.21. The zero-order chi connectivity index (χ0) is 9.99. The van der Waals surface area contributed by atoms with Crippen molar-refractivity contribution < 1.29 is 9.58 Å². The molecule has 0 heterocycles. The molecule has 0 aromatic carbocycles. The van der Waals surface area contributed by atoms with E-state index in [1.54, 1.807) is 0 Å². The Balaban J connectivity index is 4.85. The molecule has 0 N–H and O–H groups in total. The molecule has 0 aliphatic carbocycles. The Morgan fingerprint density at radius 3 is 1.92 bits per heavy atom. The fraction of sp³-hybridized carbons (Fsp3) is 0.500. The van der Waals surface area contributed by atoms with Crippen molar-refractivity contribution in [3.8, 4) is 0 Å². The first kappa shape index (κ1) is 12.5. The van der Waals surface area contributed by atoms with Gasteiger partial charge in [0, 0.05) is 0 Å². The highest BCUT2D eigenvalue weighted by Gasteiger charge is 2.52. The van der Waals surface area contributed by atoms with Crippen molar-refractivity contribution in [2.45, 2.75) is 8.13 Å². The minimum atomic E-state index is -2.26. The van der Waals surface area contributed by atoms with Gasteiger partial charge in [-0.3, -0.25) is 4.79 Å². The zero-order valence-corrected chi connectivity index (χ0v) is 9.05. The van der Waals surface area contributed by atoms with Crippen LogP contribution in [0, 0.1) is 0 Å². The smallest absolute Gasteiger partial charge is 0.326 e. The van der Waals surface area contributed by atoms with E-state index < -0.39 is 13.9 Å². The fourth-order valence-corrected chi connectivity index (χ4v) is 0.650. The highest BCUT2D eigenvalue weighted by Crippen LogP contribution is 2.45. The fourth-order valence-electron chi connectivity index (χ4n) is 0.273. The maximum absolute atomic E-state index is 10.9. The molecular formula is C4HCl5N2O. The van der Waals surface area contributed by atoms with Crippen molar-refractivity contribution in [3.63, 3.8) is 0 Å². The zero-order valence-electron chi connectivity index (χ0n) is 5.27. The van der Waals surface area contributed by atoms with E-state index in [4.69, 9.17) is 63.5 Å². The van der Waals surface area contributed by atoms with Crippen LogP contribution in [0.15, 0.2) is 0 Å². The van der Waals surface area contributed by atoms with Crippen LogP contribution in [-0.2, 0) is 4.79 Å². The summed E-state index contributed by atoms with van der Waals surface area (Å²) in [6.07, 6.45) is 0.446. The summed E-state index contributed by atoms with van der Waals surface area (Å²) in [4.78, 5) is 13.3.